The molecule has 17 nitrogen and oxygen atoms in total. The van der Waals surface area contributed by atoms with Crippen LogP contribution in [0.2, 0.25) is 0 Å². The van der Waals surface area contributed by atoms with E-state index in [1.807, 2.05) is 42.4 Å². The minimum atomic E-state index is -0.423. The summed E-state index contributed by atoms with van der Waals surface area (Å²) in [6.45, 7) is 35.9. The quantitative estimate of drug-likeness (QED) is 0.0878. The number of carbonyl (C=O) groups is 3. The number of nitrogens with zero attached hydrogens (tertiary/aromatic N) is 10. The Bertz CT molecular complexity index is 3880. The molecule has 0 spiro atoms. The minimum absolute atomic E-state index is 0.149. The van der Waals surface area contributed by atoms with E-state index in [2.05, 4.69) is 156 Å². The maximum absolute atomic E-state index is 12.4. The van der Waals surface area contributed by atoms with Gasteiger partial charge < -0.3 is 58.1 Å². The van der Waals surface area contributed by atoms with Gasteiger partial charge in [-0.25, -0.2) is 9.59 Å². The van der Waals surface area contributed by atoms with Gasteiger partial charge in [0.1, 0.15) is 5.60 Å². The maximum atomic E-state index is 12.4. The van der Waals surface area contributed by atoms with Crippen molar-refractivity contribution in [3.8, 4) is 0 Å². The number of methoxy groups -OCH3 is 2. The normalized spacial score (nSPS) is 30.3. The van der Waals surface area contributed by atoms with Crippen molar-refractivity contribution in [2.75, 3.05) is 203 Å². The molecule has 612 valence electrons. The Balaban J connectivity index is 0.000000107. The summed E-state index contributed by atoms with van der Waals surface area (Å²) in [5.41, 5.74) is 15.5. The van der Waals surface area contributed by atoms with Crippen molar-refractivity contribution >= 4 is 46.5 Å². The Kier molecular flexibility index (Phi) is 24.2. The largest absolute Gasteiger partial charge is 0.450 e. The predicted molar refractivity (Wildman–Crippen MR) is 457 cm³/mol. The van der Waals surface area contributed by atoms with Crippen molar-refractivity contribution in [1.82, 2.24) is 24.5 Å². The first kappa shape index (κ1) is 79.8. The first-order valence-electron chi connectivity index (χ1n) is 44.8. The Labute approximate surface area is 677 Å². The van der Waals surface area contributed by atoms with Crippen LogP contribution in [-0.4, -0.2) is 226 Å². The molecular formula is C96H136N10O7. The van der Waals surface area contributed by atoms with Gasteiger partial charge in [0.15, 0.2) is 0 Å². The van der Waals surface area contributed by atoms with E-state index < -0.39 is 5.60 Å². The summed E-state index contributed by atoms with van der Waals surface area (Å²) in [4.78, 5) is 59.4. The molecule has 0 bridgehead atoms. The van der Waals surface area contributed by atoms with Crippen molar-refractivity contribution in [2.45, 2.75) is 196 Å². The summed E-state index contributed by atoms with van der Waals surface area (Å²) in [6.07, 6.45) is 26.3. The summed E-state index contributed by atoms with van der Waals surface area (Å²) in [7, 11) is 3.60. The second-order valence-electron chi connectivity index (χ2n) is 38.1. The van der Waals surface area contributed by atoms with Gasteiger partial charge in [-0.2, -0.15) is 0 Å². The summed E-state index contributed by atoms with van der Waals surface area (Å²) in [5, 5.41) is 0. The molecule has 5 aromatic carbocycles. The van der Waals surface area contributed by atoms with Gasteiger partial charge in [0.25, 0.3) is 0 Å². The Morgan fingerprint density at radius 2 is 0.593 bits per heavy atom. The SMILES string of the molecule is CC(=O)N1CC2CC2(c2ccc(N3CCCCC3)cc2)C1.CC(C)(C)OC(=O)N1CC2CC2(c2ccc(N3CCCCC3)cc2)C1.CCOC(=O)N1CC2CC2(c2ccc(N3CCCCC3)cc2)C1.COCCN1C[C@@H]2C[C@]2(c2ccc(N3CCCCC3)cc2)C1.COCCN1C[C@H]2C[C@@]2(c2ccc(N3CCCCC3)cc2)C1. The predicted octanol–water partition coefficient (Wildman–Crippen LogP) is 16.2. The van der Waals surface area contributed by atoms with E-state index >= 15 is 0 Å². The van der Waals surface area contributed by atoms with Crippen molar-refractivity contribution in [3.05, 3.63) is 149 Å². The molecule has 15 aliphatic rings. The van der Waals surface area contributed by atoms with Crippen LogP contribution in [0.15, 0.2) is 121 Å². The van der Waals surface area contributed by atoms with Gasteiger partial charge in [-0.05, 0) is 274 Å². The van der Waals surface area contributed by atoms with E-state index in [9.17, 15) is 14.4 Å². The molecule has 0 aromatic heterocycles. The summed E-state index contributed by atoms with van der Waals surface area (Å²) in [6, 6.07) is 46.6. The van der Waals surface area contributed by atoms with Crippen molar-refractivity contribution in [2.24, 2.45) is 29.6 Å². The van der Waals surface area contributed by atoms with Crippen LogP contribution in [0.4, 0.5) is 38.0 Å². The third-order valence-electron chi connectivity index (χ3n) is 29.5. The molecule has 10 heterocycles. The van der Waals surface area contributed by atoms with Gasteiger partial charge in [-0.3, -0.25) is 14.6 Å². The standard InChI is InChI=1S/C21H30N2O2.C19H26N2O2.2C19H28N2O.C18H24N2O/c1-20(2,3)25-19(24)23-14-17-13-21(17,15-23)16-7-9-18(10-8-16)22-11-5-4-6-12-22;1-2-23-18(22)21-13-16-12-19(16,14-21)15-6-8-17(9-7-15)20-10-4-3-5-11-20;2*1-22-12-11-20-14-17-13-19(17,15-20)16-5-7-18(8-6-16)21-9-3-2-4-10-21;1-14(21)20-12-16-11-18(16,13-20)15-5-7-17(8-6-15)19-9-3-2-4-10-19/h7-10,17H,4-6,11-15H2,1-3H3;6-9,16H,2-5,10-14H2,1H3;2*5-8,17H,2-4,9-15H2,1H3;5-8,16H,2-4,9-13H2,1H3/t;;2*17-,19+;/m..10./s1. The van der Waals surface area contributed by atoms with Crippen LogP contribution in [0.3, 0.4) is 0 Å². The van der Waals surface area contributed by atoms with Crippen molar-refractivity contribution < 1.29 is 33.3 Å². The van der Waals surface area contributed by atoms with Gasteiger partial charge in [0.2, 0.25) is 5.91 Å². The molecular weight excluding hydrogens is 1410 g/mol. The summed E-state index contributed by atoms with van der Waals surface area (Å²) >= 11 is 0. The zero-order valence-electron chi connectivity index (χ0n) is 70.1. The highest BCUT2D eigenvalue weighted by Crippen LogP contribution is 2.63. The smallest absolute Gasteiger partial charge is 0.410 e. The maximum Gasteiger partial charge on any atom is 0.410 e. The fourth-order valence-electron chi connectivity index (χ4n) is 22.5. The highest BCUT2D eigenvalue weighted by atomic mass is 16.6. The lowest BCUT2D eigenvalue weighted by Gasteiger charge is -2.29. The third kappa shape index (κ3) is 17.7. The summed E-state index contributed by atoms with van der Waals surface area (Å²) in [5.74, 6) is 3.90. The number of carbonyl (C=O) groups excluding carboxylic acids is 3. The number of piperidine rings is 10. The number of anilines is 5. The second kappa shape index (κ2) is 34.3. The number of benzene rings is 5. The van der Waals surface area contributed by atoms with Crippen LogP contribution in [0.5, 0.6) is 0 Å². The Morgan fingerprint density at radius 1 is 0.345 bits per heavy atom. The van der Waals surface area contributed by atoms with Crippen LogP contribution in [0.1, 0.15) is 191 Å². The highest BCUT2D eigenvalue weighted by Gasteiger charge is 2.65. The number of fused-ring (bicyclic) bond motifs is 5. The second-order valence-corrected chi connectivity index (χ2v) is 38.1. The van der Waals surface area contributed by atoms with E-state index in [0.717, 1.165) is 77.4 Å². The zero-order chi connectivity index (χ0) is 78.0. The fraction of sp³-hybridized carbons (Fsp3) is 0.656. The van der Waals surface area contributed by atoms with Crippen LogP contribution in [0.25, 0.3) is 0 Å². The molecule has 5 saturated carbocycles. The number of amides is 3. The van der Waals surface area contributed by atoms with Gasteiger partial charge in [-0.15, -0.1) is 0 Å². The lowest BCUT2D eigenvalue weighted by atomic mass is 9.94. The molecule has 17 heteroatoms. The van der Waals surface area contributed by atoms with Crippen LogP contribution < -0.4 is 24.5 Å². The van der Waals surface area contributed by atoms with E-state index in [0.29, 0.717) is 35.2 Å². The molecule has 5 aliphatic carbocycles. The van der Waals surface area contributed by atoms with Gasteiger partial charge in [0, 0.05) is 221 Å². The van der Waals surface area contributed by atoms with Crippen LogP contribution in [-0.2, 0) is 50.8 Å². The van der Waals surface area contributed by atoms with E-state index in [-0.39, 0.29) is 34.3 Å². The first-order chi connectivity index (χ1) is 54.9. The number of rotatable bonds is 17. The third-order valence-corrected chi connectivity index (χ3v) is 29.5. The van der Waals surface area contributed by atoms with Gasteiger partial charge in [0.05, 0.1) is 19.8 Å². The average Bonchev–Trinajstić information content (AvgIpc) is 1.56. The topological polar surface area (TPSA) is 121 Å². The molecule has 3 amide bonds. The van der Waals surface area contributed by atoms with Crippen molar-refractivity contribution in [1.29, 1.82) is 0 Å². The monoisotopic (exact) mass is 1540 g/mol. The van der Waals surface area contributed by atoms with E-state index in [1.54, 1.807) is 32.3 Å². The Morgan fingerprint density at radius 3 is 0.841 bits per heavy atom. The first-order valence-corrected chi connectivity index (χ1v) is 44.8. The lowest BCUT2D eigenvalue weighted by Crippen LogP contribution is -2.37. The fourth-order valence-corrected chi connectivity index (χ4v) is 22.5. The molecule has 113 heavy (non-hydrogen) atoms. The van der Waals surface area contributed by atoms with E-state index in [1.165, 1.54) is 265 Å². The minimum Gasteiger partial charge on any atom is -0.450 e. The molecule has 0 radical (unpaired) electrons. The van der Waals surface area contributed by atoms with Crippen LogP contribution in [0, 0.1) is 29.6 Å². The summed E-state index contributed by atoms with van der Waals surface area (Å²) < 4.78 is 21.2. The Hall–Kier alpha value is -7.05. The van der Waals surface area contributed by atoms with Crippen LogP contribution >= 0.6 is 0 Å². The molecule has 10 saturated heterocycles. The highest BCUT2D eigenvalue weighted by molar-refractivity contribution is 5.75. The number of hydrogen-bond acceptors (Lipinski definition) is 14. The molecule has 15 fully saturated rings. The number of hydrogen-bond donors (Lipinski definition) is 0. The van der Waals surface area contributed by atoms with E-state index in [4.69, 9.17) is 18.9 Å². The molecule has 0 N–H and O–H groups in total. The van der Waals surface area contributed by atoms with Gasteiger partial charge in [-0.1, -0.05) is 60.7 Å². The molecule has 20 rings (SSSR count). The average molecular weight is 1540 g/mol. The molecule has 6 unspecified atom stereocenters. The van der Waals surface area contributed by atoms with Gasteiger partial charge >= 0.3 is 12.2 Å². The van der Waals surface area contributed by atoms with Crippen molar-refractivity contribution in [3.63, 3.8) is 0 Å². The number of likely N-dealkylation sites (tertiary alicyclic amines) is 5. The number of ether oxygens (including phenoxy) is 4. The molecule has 5 aromatic rings. The molecule has 10 atom stereocenters. The molecule has 10 aliphatic heterocycles. The lowest BCUT2D eigenvalue weighted by molar-refractivity contribution is -0.128. The zero-order valence-corrected chi connectivity index (χ0v) is 70.1.